The topological polar surface area (TPSA) is 82.2 Å². The van der Waals surface area contributed by atoms with E-state index in [-0.39, 0.29) is 12.5 Å². The fourth-order valence-corrected chi connectivity index (χ4v) is 1.29. The molecular formula is C9H16N4O2. The van der Waals surface area contributed by atoms with E-state index >= 15 is 0 Å². The van der Waals surface area contributed by atoms with Crippen LogP contribution in [0, 0.1) is 0 Å². The summed E-state index contributed by atoms with van der Waals surface area (Å²) in [6.45, 7) is 2.06. The van der Waals surface area contributed by atoms with E-state index in [9.17, 15) is 4.79 Å². The van der Waals surface area contributed by atoms with E-state index in [0.717, 1.165) is 12.1 Å². The van der Waals surface area contributed by atoms with Crippen LogP contribution in [0.3, 0.4) is 0 Å². The lowest BCUT2D eigenvalue weighted by Gasteiger charge is -2.05. The smallest absolute Gasteiger partial charge is 0.325 e. The van der Waals surface area contributed by atoms with Crippen molar-refractivity contribution < 1.29 is 9.53 Å². The van der Waals surface area contributed by atoms with Gasteiger partial charge < -0.3 is 15.8 Å². The zero-order valence-corrected chi connectivity index (χ0v) is 9.20. The molecule has 0 atom stereocenters. The van der Waals surface area contributed by atoms with Gasteiger partial charge in [0.05, 0.1) is 18.5 Å². The molecule has 1 aromatic rings. The number of aryl methyl sites for hydroxylation is 2. The second kappa shape index (κ2) is 4.68. The van der Waals surface area contributed by atoms with Crippen LogP contribution in [-0.4, -0.2) is 29.4 Å². The molecule has 3 N–H and O–H groups in total. The molecule has 1 heterocycles. The Bertz CT molecular complexity index is 359. The van der Waals surface area contributed by atoms with Crippen molar-refractivity contribution in [3.8, 4) is 0 Å². The molecule has 0 saturated heterocycles. The fourth-order valence-electron chi connectivity index (χ4n) is 1.29. The van der Waals surface area contributed by atoms with Gasteiger partial charge in [0.1, 0.15) is 12.4 Å². The number of anilines is 2. The highest BCUT2D eigenvalue weighted by Crippen LogP contribution is 2.21. The van der Waals surface area contributed by atoms with Gasteiger partial charge >= 0.3 is 5.97 Å². The zero-order chi connectivity index (χ0) is 11.4. The number of nitrogens with zero attached hydrogens (tertiary/aromatic N) is 2. The largest absolute Gasteiger partial charge is 0.468 e. The third-order valence-corrected chi connectivity index (χ3v) is 2.12. The molecule has 6 nitrogen and oxygen atoms in total. The minimum atomic E-state index is -0.339. The second-order valence-electron chi connectivity index (χ2n) is 3.12. The number of nitrogens with two attached hydrogens (primary N) is 1. The number of hydrogen-bond donors (Lipinski definition) is 2. The Morgan fingerprint density at radius 2 is 2.33 bits per heavy atom. The Morgan fingerprint density at radius 3 is 2.80 bits per heavy atom. The van der Waals surface area contributed by atoms with Gasteiger partial charge in [0.25, 0.3) is 0 Å². The summed E-state index contributed by atoms with van der Waals surface area (Å²) in [4.78, 5) is 10.9. The van der Waals surface area contributed by atoms with Crippen LogP contribution in [0.25, 0.3) is 0 Å². The lowest BCUT2D eigenvalue weighted by Crippen LogP contribution is -2.17. The monoisotopic (exact) mass is 212 g/mol. The SMILES string of the molecule is CCc1nn(C)c(NCC(=O)OC)c1N. The zero-order valence-electron chi connectivity index (χ0n) is 9.20. The van der Waals surface area contributed by atoms with Gasteiger partial charge in [-0.15, -0.1) is 0 Å². The third kappa shape index (κ3) is 2.39. The Kier molecular flexibility index (Phi) is 3.54. The van der Waals surface area contributed by atoms with Crippen molar-refractivity contribution in [1.29, 1.82) is 0 Å². The second-order valence-corrected chi connectivity index (χ2v) is 3.12. The van der Waals surface area contributed by atoms with Gasteiger partial charge in [-0.1, -0.05) is 6.92 Å². The van der Waals surface area contributed by atoms with Crippen LogP contribution >= 0.6 is 0 Å². The van der Waals surface area contributed by atoms with E-state index in [1.807, 2.05) is 6.92 Å². The number of ether oxygens (including phenoxy) is 1. The first-order valence-electron chi connectivity index (χ1n) is 4.72. The highest BCUT2D eigenvalue weighted by atomic mass is 16.5. The molecule has 0 aliphatic rings. The highest BCUT2D eigenvalue weighted by molar-refractivity contribution is 5.76. The summed E-state index contributed by atoms with van der Waals surface area (Å²) >= 11 is 0. The molecular weight excluding hydrogens is 196 g/mol. The molecule has 0 bridgehead atoms. The molecule has 0 saturated carbocycles. The fraction of sp³-hybridized carbons (Fsp3) is 0.556. The minimum absolute atomic E-state index is 0.0867. The normalized spacial score (nSPS) is 10.1. The standard InChI is InChI=1S/C9H16N4O2/c1-4-6-8(10)9(13(2)12-6)11-5-7(14)15-3/h11H,4-5,10H2,1-3H3. The van der Waals surface area contributed by atoms with Crippen LogP contribution in [0.5, 0.6) is 0 Å². The molecule has 0 amide bonds. The number of methoxy groups -OCH3 is 1. The Morgan fingerprint density at radius 1 is 1.67 bits per heavy atom. The molecule has 0 aliphatic heterocycles. The molecule has 1 aromatic heterocycles. The number of aromatic nitrogens is 2. The number of nitrogens with one attached hydrogen (secondary N) is 1. The minimum Gasteiger partial charge on any atom is -0.468 e. The maximum atomic E-state index is 10.9. The summed E-state index contributed by atoms with van der Waals surface area (Å²) in [5, 5.41) is 7.10. The first-order valence-corrected chi connectivity index (χ1v) is 4.72. The van der Waals surface area contributed by atoms with Crippen molar-refractivity contribution in [2.45, 2.75) is 13.3 Å². The summed E-state index contributed by atoms with van der Waals surface area (Å²) in [6.07, 6.45) is 0.763. The highest BCUT2D eigenvalue weighted by Gasteiger charge is 2.12. The van der Waals surface area contributed by atoms with E-state index in [1.165, 1.54) is 7.11 Å². The number of esters is 1. The number of nitrogen functional groups attached to an aromatic ring is 1. The molecule has 84 valence electrons. The number of hydrogen-bond acceptors (Lipinski definition) is 5. The van der Waals surface area contributed by atoms with Crippen molar-refractivity contribution in [1.82, 2.24) is 9.78 Å². The average Bonchev–Trinajstić information content (AvgIpc) is 2.51. The van der Waals surface area contributed by atoms with Crippen LogP contribution in [-0.2, 0) is 23.0 Å². The van der Waals surface area contributed by atoms with Gasteiger partial charge in [0.2, 0.25) is 0 Å². The Hall–Kier alpha value is -1.72. The average molecular weight is 212 g/mol. The van der Waals surface area contributed by atoms with Gasteiger partial charge in [0.15, 0.2) is 0 Å². The van der Waals surface area contributed by atoms with Gasteiger partial charge in [-0.3, -0.25) is 9.48 Å². The van der Waals surface area contributed by atoms with Crippen LogP contribution in [0.1, 0.15) is 12.6 Å². The predicted molar refractivity (Wildman–Crippen MR) is 57.5 cm³/mol. The molecule has 0 aliphatic carbocycles. The number of carbonyl (C=O) groups excluding carboxylic acids is 1. The van der Waals surface area contributed by atoms with Crippen LogP contribution in [0.15, 0.2) is 0 Å². The van der Waals surface area contributed by atoms with Gasteiger partial charge in [-0.25, -0.2) is 0 Å². The van der Waals surface area contributed by atoms with E-state index in [1.54, 1.807) is 11.7 Å². The van der Waals surface area contributed by atoms with Crippen molar-refractivity contribution >= 4 is 17.5 Å². The van der Waals surface area contributed by atoms with E-state index in [2.05, 4.69) is 15.2 Å². The summed E-state index contributed by atoms with van der Waals surface area (Å²) in [5.41, 5.74) is 7.26. The molecule has 0 spiro atoms. The Labute approximate surface area is 88.4 Å². The van der Waals surface area contributed by atoms with Crippen molar-refractivity contribution in [2.24, 2.45) is 7.05 Å². The van der Waals surface area contributed by atoms with E-state index < -0.39 is 0 Å². The molecule has 0 radical (unpaired) electrons. The van der Waals surface area contributed by atoms with Crippen molar-refractivity contribution in [2.75, 3.05) is 24.7 Å². The first kappa shape index (κ1) is 11.4. The summed E-state index contributed by atoms with van der Waals surface area (Å²) in [5.74, 6) is 0.311. The molecule has 0 fully saturated rings. The quantitative estimate of drug-likeness (QED) is 0.694. The number of carbonyl (C=O) groups is 1. The van der Waals surface area contributed by atoms with Gasteiger partial charge in [-0.2, -0.15) is 5.10 Å². The molecule has 0 unspecified atom stereocenters. The van der Waals surface area contributed by atoms with Crippen LogP contribution < -0.4 is 11.1 Å². The van der Waals surface area contributed by atoms with Gasteiger partial charge in [0, 0.05) is 7.05 Å². The van der Waals surface area contributed by atoms with E-state index in [0.29, 0.717) is 11.5 Å². The van der Waals surface area contributed by atoms with Gasteiger partial charge in [-0.05, 0) is 6.42 Å². The van der Waals surface area contributed by atoms with Crippen molar-refractivity contribution in [3.63, 3.8) is 0 Å². The summed E-state index contributed by atoms with van der Waals surface area (Å²) in [7, 11) is 3.11. The third-order valence-electron chi connectivity index (χ3n) is 2.12. The molecule has 1 rings (SSSR count). The van der Waals surface area contributed by atoms with E-state index in [4.69, 9.17) is 5.73 Å². The summed E-state index contributed by atoms with van der Waals surface area (Å²) in [6, 6.07) is 0. The Balaban J connectivity index is 2.76. The lowest BCUT2D eigenvalue weighted by molar-refractivity contribution is -0.138. The summed E-state index contributed by atoms with van der Waals surface area (Å²) < 4.78 is 6.14. The van der Waals surface area contributed by atoms with Crippen LogP contribution in [0.2, 0.25) is 0 Å². The maximum Gasteiger partial charge on any atom is 0.325 e. The van der Waals surface area contributed by atoms with Crippen LogP contribution in [0.4, 0.5) is 11.5 Å². The molecule has 15 heavy (non-hydrogen) atoms. The number of rotatable bonds is 4. The van der Waals surface area contributed by atoms with Crippen molar-refractivity contribution in [3.05, 3.63) is 5.69 Å². The maximum absolute atomic E-state index is 10.9. The lowest BCUT2D eigenvalue weighted by atomic mass is 10.3. The predicted octanol–water partition coefficient (Wildman–Crippen LogP) is 0.150. The molecule has 6 heteroatoms. The molecule has 0 aromatic carbocycles. The first-order chi connectivity index (χ1) is 7.10.